The van der Waals surface area contributed by atoms with Crippen LogP contribution >= 0.6 is 0 Å². The molecule has 160 valence electrons. The van der Waals surface area contributed by atoms with Gasteiger partial charge in [0, 0.05) is 22.1 Å². The molecule has 4 nitrogen and oxygen atoms in total. The van der Waals surface area contributed by atoms with E-state index >= 15 is 0 Å². The molecule has 1 aromatic heterocycles. The number of rotatable bonds is 5. The minimum Gasteiger partial charge on any atom is -0.485 e. The number of ketones is 1. The smallest absolute Gasteiger partial charge is 0.339 e. The zero-order valence-corrected chi connectivity index (χ0v) is 18.0. The van der Waals surface area contributed by atoms with Crippen LogP contribution in [0.5, 0.6) is 5.75 Å². The van der Waals surface area contributed by atoms with Crippen LogP contribution in [-0.2, 0) is 12.8 Å². The standard InChI is InChI=1S/C28H24O4/c1-18-26(16-15-23-22-9-5-6-10-24(22)28(30)32-27(18)23)31-17-25(29)21-13-11-20(12-14-21)19-7-3-2-4-8-19/h2-4,7-8,11-16H,5-6,9-10,17H2,1H3. The normalized spacial score (nSPS) is 13.0. The molecular formula is C28H24O4. The predicted molar refractivity (Wildman–Crippen MR) is 126 cm³/mol. The Kier molecular flexibility index (Phi) is 5.36. The average Bonchev–Trinajstić information content (AvgIpc) is 2.85. The average molecular weight is 424 g/mol. The van der Waals surface area contributed by atoms with Gasteiger partial charge in [-0.1, -0.05) is 54.6 Å². The maximum atomic E-state index is 12.7. The summed E-state index contributed by atoms with van der Waals surface area (Å²) in [5.74, 6) is 0.460. The Morgan fingerprint density at radius 3 is 2.31 bits per heavy atom. The first-order chi connectivity index (χ1) is 15.6. The summed E-state index contributed by atoms with van der Waals surface area (Å²) in [4.78, 5) is 25.1. The van der Waals surface area contributed by atoms with Crippen molar-refractivity contribution in [2.45, 2.75) is 32.6 Å². The summed E-state index contributed by atoms with van der Waals surface area (Å²) in [6.45, 7) is 1.79. The Hall–Kier alpha value is -3.66. The molecule has 0 fully saturated rings. The molecule has 0 aliphatic heterocycles. The molecule has 1 aliphatic rings. The van der Waals surface area contributed by atoms with Gasteiger partial charge in [-0.25, -0.2) is 4.79 Å². The molecule has 0 radical (unpaired) electrons. The van der Waals surface area contributed by atoms with Gasteiger partial charge in [0.15, 0.2) is 12.4 Å². The van der Waals surface area contributed by atoms with E-state index in [2.05, 4.69) is 0 Å². The highest BCUT2D eigenvalue weighted by atomic mass is 16.5. The first-order valence-corrected chi connectivity index (χ1v) is 11.0. The number of aryl methyl sites for hydroxylation is 2. The molecule has 0 N–H and O–H groups in total. The SMILES string of the molecule is Cc1c(OCC(=O)c2ccc(-c3ccccc3)cc2)ccc2c3c(c(=O)oc12)CCCC3. The van der Waals surface area contributed by atoms with Crippen LogP contribution in [0.15, 0.2) is 75.9 Å². The summed E-state index contributed by atoms with van der Waals surface area (Å²) < 4.78 is 11.5. The molecule has 3 aromatic carbocycles. The monoisotopic (exact) mass is 424 g/mol. The van der Waals surface area contributed by atoms with Gasteiger partial charge in [-0.2, -0.15) is 0 Å². The lowest BCUT2D eigenvalue weighted by molar-refractivity contribution is 0.0921. The van der Waals surface area contributed by atoms with Gasteiger partial charge >= 0.3 is 5.63 Å². The topological polar surface area (TPSA) is 56.5 Å². The van der Waals surface area contributed by atoms with Crippen LogP contribution < -0.4 is 10.4 Å². The van der Waals surface area contributed by atoms with E-state index in [-0.39, 0.29) is 18.0 Å². The minimum atomic E-state index is -0.248. The second kappa shape index (κ2) is 8.46. The van der Waals surface area contributed by atoms with Gasteiger partial charge in [0.05, 0.1) is 0 Å². The third-order valence-corrected chi connectivity index (χ3v) is 6.26. The Bertz CT molecular complexity index is 1350. The fraction of sp³-hybridized carbons (Fsp3) is 0.214. The maximum Gasteiger partial charge on any atom is 0.339 e. The Morgan fingerprint density at radius 1 is 0.875 bits per heavy atom. The van der Waals surface area contributed by atoms with E-state index in [1.54, 1.807) is 0 Å². The van der Waals surface area contributed by atoms with E-state index < -0.39 is 0 Å². The summed E-state index contributed by atoms with van der Waals surface area (Å²) in [5.41, 5.74) is 5.75. The molecule has 32 heavy (non-hydrogen) atoms. The lowest BCUT2D eigenvalue weighted by atomic mass is 9.90. The van der Waals surface area contributed by atoms with Crippen molar-refractivity contribution in [3.63, 3.8) is 0 Å². The highest BCUT2D eigenvalue weighted by molar-refractivity contribution is 5.97. The molecule has 0 amide bonds. The van der Waals surface area contributed by atoms with Gasteiger partial charge in [-0.05, 0) is 61.4 Å². The summed E-state index contributed by atoms with van der Waals surface area (Å²) >= 11 is 0. The number of hydrogen-bond acceptors (Lipinski definition) is 4. The molecule has 0 bridgehead atoms. The number of Topliss-reactive ketones (excluding diaryl/α,β-unsaturated/α-hetero) is 1. The molecule has 0 atom stereocenters. The van der Waals surface area contributed by atoms with Crippen LogP contribution in [0.4, 0.5) is 0 Å². The largest absolute Gasteiger partial charge is 0.485 e. The zero-order valence-electron chi connectivity index (χ0n) is 18.0. The van der Waals surface area contributed by atoms with Crippen LogP contribution in [0.2, 0.25) is 0 Å². The number of hydrogen-bond donors (Lipinski definition) is 0. The van der Waals surface area contributed by atoms with E-state index in [4.69, 9.17) is 9.15 Å². The molecule has 0 spiro atoms. The maximum absolute atomic E-state index is 12.7. The van der Waals surface area contributed by atoms with Gasteiger partial charge in [0.1, 0.15) is 11.3 Å². The number of fused-ring (bicyclic) bond motifs is 3. The fourth-order valence-electron chi connectivity index (χ4n) is 4.49. The molecule has 0 saturated heterocycles. The Morgan fingerprint density at radius 2 is 1.56 bits per heavy atom. The van der Waals surface area contributed by atoms with Gasteiger partial charge in [0.2, 0.25) is 0 Å². The highest BCUT2D eigenvalue weighted by Crippen LogP contribution is 2.32. The molecule has 0 unspecified atom stereocenters. The number of carbonyl (C=O) groups is 1. The van der Waals surface area contributed by atoms with E-state index in [1.165, 1.54) is 0 Å². The third-order valence-electron chi connectivity index (χ3n) is 6.26. The summed E-state index contributed by atoms with van der Waals surface area (Å²) in [6.07, 6.45) is 3.79. The van der Waals surface area contributed by atoms with Crippen molar-refractivity contribution in [2.75, 3.05) is 6.61 Å². The summed E-state index contributed by atoms with van der Waals surface area (Å²) in [5, 5.41) is 0.979. The lowest BCUT2D eigenvalue weighted by Crippen LogP contribution is -2.16. The van der Waals surface area contributed by atoms with Crippen LogP contribution in [0, 0.1) is 6.92 Å². The summed E-state index contributed by atoms with van der Waals surface area (Å²) in [6, 6.07) is 21.4. The Labute approximate surface area is 186 Å². The molecule has 4 heteroatoms. The number of benzene rings is 3. The molecule has 4 aromatic rings. The van der Waals surface area contributed by atoms with E-state index in [9.17, 15) is 9.59 Å². The molecular weight excluding hydrogens is 400 g/mol. The van der Waals surface area contributed by atoms with Gasteiger partial charge in [-0.3, -0.25) is 4.79 Å². The fourth-order valence-corrected chi connectivity index (χ4v) is 4.49. The first-order valence-electron chi connectivity index (χ1n) is 11.0. The van der Waals surface area contributed by atoms with Gasteiger partial charge < -0.3 is 9.15 Å². The van der Waals surface area contributed by atoms with E-state index in [0.717, 1.165) is 58.9 Å². The van der Waals surface area contributed by atoms with E-state index in [1.807, 2.05) is 73.7 Å². The molecule has 1 aliphatic carbocycles. The van der Waals surface area contributed by atoms with Crippen molar-refractivity contribution in [1.82, 2.24) is 0 Å². The second-order valence-electron chi connectivity index (χ2n) is 8.27. The number of carbonyl (C=O) groups excluding carboxylic acids is 1. The van der Waals surface area contributed by atoms with Crippen molar-refractivity contribution in [3.05, 3.63) is 99.4 Å². The van der Waals surface area contributed by atoms with Crippen LogP contribution in [-0.4, -0.2) is 12.4 Å². The van der Waals surface area contributed by atoms with E-state index in [0.29, 0.717) is 16.9 Å². The zero-order chi connectivity index (χ0) is 22.1. The van der Waals surface area contributed by atoms with Crippen LogP contribution in [0.3, 0.4) is 0 Å². The van der Waals surface area contributed by atoms with Gasteiger partial charge in [0.25, 0.3) is 0 Å². The minimum absolute atomic E-state index is 0.0772. The third kappa shape index (κ3) is 3.73. The first kappa shape index (κ1) is 20.3. The van der Waals surface area contributed by atoms with Crippen molar-refractivity contribution in [1.29, 1.82) is 0 Å². The summed E-state index contributed by atoms with van der Waals surface area (Å²) in [7, 11) is 0. The van der Waals surface area contributed by atoms with Crippen molar-refractivity contribution in [3.8, 4) is 16.9 Å². The molecule has 1 heterocycles. The number of ether oxygens (including phenoxy) is 1. The molecule has 0 saturated carbocycles. The van der Waals surface area contributed by atoms with Crippen LogP contribution in [0.25, 0.3) is 22.1 Å². The lowest BCUT2D eigenvalue weighted by Gasteiger charge is -2.18. The second-order valence-corrected chi connectivity index (χ2v) is 8.27. The van der Waals surface area contributed by atoms with Crippen molar-refractivity contribution >= 4 is 16.8 Å². The van der Waals surface area contributed by atoms with Crippen molar-refractivity contribution in [2.24, 2.45) is 0 Å². The predicted octanol–water partition coefficient (Wildman–Crippen LogP) is 5.91. The van der Waals surface area contributed by atoms with Gasteiger partial charge in [-0.15, -0.1) is 0 Å². The Balaban J connectivity index is 1.35. The van der Waals surface area contributed by atoms with Crippen LogP contribution in [0.1, 0.15) is 39.9 Å². The quantitative estimate of drug-likeness (QED) is 0.295. The highest BCUT2D eigenvalue weighted by Gasteiger charge is 2.20. The van der Waals surface area contributed by atoms with Crippen molar-refractivity contribution < 1.29 is 13.9 Å². The molecule has 5 rings (SSSR count).